The first kappa shape index (κ1) is 17.0. The third kappa shape index (κ3) is 3.57. The molecular formula is C18H18N6O3. The van der Waals surface area contributed by atoms with E-state index in [9.17, 15) is 9.59 Å². The largest absolute Gasteiger partial charge is 0.451 e. The van der Waals surface area contributed by atoms with Crippen molar-refractivity contribution in [2.24, 2.45) is 0 Å². The Hall–Kier alpha value is -3.49. The van der Waals surface area contributed by atoms with Gasteiger partial charge in [0, 0.05) is 44.0 Å². The third-order valence-electron chi connectivity index (χ3n) is 4.46. The van der Waals surface area contributed by atoms with E-state index in [1.807, 2.05) is 23.1 Å². The molecule has 138 valence electrons. The zero-order valence-electron chi connectivity index (χ0n) is 14.5. The van der Waals surface area contributed by atoms with Crippen LogP contribution in [-0.4, -0.2) is 69.7 Å². The van der Waals surface area contributed by atoms with Crippen LogP contribution in [0.5, 0.6) is 0 Å². The fourth-order valence-electron chi connectivity index (χ4n) is 3.02. The van der Waals surface area contributed by atoms with Gasteiger partial charge in [0.15, 0.2) is 12.3 Å². The molecule has 1 aromatic carbocycles. The van der Waals surface area contributed by atoms with Crippen molar-refractivity contribution in [1.82, 2.24) is 25.1 Å². The normalized spacial score (nSPS) is 14.4. The number of carbonyl (C=O) groups excluding carboxylic acids is 2. The van der Waals surface area contributed by atoms with Crippen molar-refractivity contribution < 1.29 is 14.3 Å². The molecule has 1 saturated heterocycles. The Kier molecular flexibility index (Phi) is 4.65. The minimum absolute atomic E-state index is 0.185. The Morgan fingerprint density at radius 1 is 1.04 bits per heavy atom. The van der Waals surface area contributed by atoms with Gasteiger partial charge in [-0.25, -0.2) is 14.8 Å². The molecule has 0 bridgehead atoms. The van der Waals surface area contributed by atoms with E-state index in [0.29, 0.717) is 37.5 Å². The molecule has 1 aliphatic heterocycles. The number of para-hydroxylation sites is 1. The van der Waals surface area contributed by atoms with Crippen LogP contribution in [0.15, 0.2) is 42.7 Å². The number of anilines is 1. The monoisotopic (exact) mass is 366 g/mol. The average Bonchev–Trinajstić information content (AvgIpc) is 3.17. The summed E-state index contributed by atoms with van der Waals surface area (Å²) in [6.07, 6.45) is 3.39. The molecule has 0 aliphatic carbocycles. The fourth-order valence-corrected chi connectivity index (χ4v) is 3.02. The van der Waals surface area contributed by atoms with Gasteiger partial charge in [-0.1, -0.05) is 18.2 Å². The average molecular weight is 366 g/mol. The molecule has 3 aromatic rings. The Balaban J connectivity index is 1.30. The van der Waals surface area contributed by atoms with Gasteiger partial charge in [0.2, 0.25) is 5.95 Å². The lowest BCUT2D eigenvalue weighted by Gasteiger charge is -2.34. The summed E-state index contributed by atoms with van der Waals surface area (Å²) in [5, 5.41) is 7.43. The van der Waals surface area contributed by atoms with Gasteiger partial charge in [-0.05, 0) is 12.1 Å². The number of piperazine rings is 1. The zero-order chi connectivity index (χ0) is 18.6. The Morgan fingerprint density at radius 3 is 2.56 bits per heavy atom. The van der Waals surface area contributed by atoms with Crippen LogP contribution in [0.25, 0.3) is 10.9 Å². The van der Waals surface area contributed by atoms with Gasteiger partial charge < -0.3 is 14.5 Å². The number of rotatable bonds is 4. The van der Waals surface area contributed by atoms with E-state index in [4.69, 9.17) is 4.74 Å². The molecule has 4 rings (SSSR count). The van der Waals surface area contributed by atoms with Gasteiger partial charge in [0.25, 0.3) is 5.91 Å². The van der Waals surface area contributed by atoms with E-state index in [0.717, 1.165) is 5.52 Å². The molecule has 1 N–H and O–H groups in total. The molecule has 0 unspecified atom stereocenters. The highest BCUT2D eigenvalue weighted by Crippen LogP contribution is 2.16. The Morgan fingerprint density at radius 2 is 1.78 bits per heavy atom. The summed E-state index contributed by atoms with van der Waals surface area (Å²) >= 11 is 0. The van der Waals surface area contributed by atoms with Crippen LogP contribution in [0, 0.1) is 0 Å². The standard InChI is InChI=1S/C18H18N6O3/c25-15(23-8-10-24(11-9-23)18-19-6-3-7-20-18)12-27-17(26)16-13-4-1-2-5-14(13)21-22-16/h1-7H,8-12H2,(H,21,22). The van der Waals surface area contributed by atoms with Gasteiger partial charge in [-0.2, -0.15) is 5.10 Å². The molecule has 2 aromatic heterocycles. The van der Waals surface area contributed by atoms with Crippen LogP contribution >= 0.6 is 0 Å². The molecule has 1 aliphatic rings. The first-order valence-electron chi connectivity index (χ1n) is 8.62. The topological polar surface area (TPSA) is 104 Å². The molecule has 0 radical (unpaired) electrons. The molecule has 3 heterocycles. The number of ether oxygens (including phenoxy) is 1. The number of aromatic nitrogens is 4. The molecule has 0 atom stereocenters. The number of carbonyl (C=O) groups is 2. The Labute approximate surface area is 155 Å². The number of hydrogen-bond acceptors (Lipinski definition) is 7. The number of esters is 1. The van der Waals surface area contributed by atoms with Crippen LogP contribution in [0.2, 0.25) is 0 Å². The van der Waals surface area contributed by atoms with E-state index < -0.39 is 5.97 Å². The fraction of sp³-hybridized carbons (Fsp3) is 0.278. The highest BCUT2D eigenvalue weighted by Gasteiger charge is 2.24. The maximum atomic E-state index is 12.3. The van der Waals surface area contributed by atoms with Gasteiger partial charge in [0.05, 0.1) is 5.52 Å². The van der Waals surface area contributed by atoms with Crippen molar-refractivity contribution in [3.63, 3.8) is 0 Å². The number of amides is 1. The summed E-state index contributed by atoms with van der Waals surface area (Å²) < 4.78 is 5.17. The lowest BCUT2D eigenvalue weighted by atomic mass is 10.2. The number of benzene rings is 1. The van der Waals surface area contributed by atoms with Crippen molar-refractivity contribution >= 4 is 28.7 Å². The second-order valence-electron chi connectivity index (χ2n) is 6.11. The highest BCUT2D eigenvalue weighted by atomic mass is 16.5. The van der Waals surface area contributed by atoms with Crippen molar-refractivity contribution in [3.05, 3.63) is 48.4 Å². The third-order valence-corrected chi connectivity index (χ3v) is 4.46. The van der Waals surface area contributed by atoms with Gasteiger partial charge in [-0.3, -0.25) is 9.89 Å². The molecule has 9 heteroatoms. The zero-order valence-corrected chi connectivity index (χ0v) is 14.5. The molecule has 1 amide bonds. The minimum Gasteiger partial charge on any atom is -0.451 e. The van der Waals surface area contributed by atoms with Crippen LogP contribution in [-0.2, 0) is 9.53 Å². The van der Waals surface area contributed by atoms with Crippen molar-refractivity contribution in [1.29, 1.82) is 0 Å². The second kappa shape index (κ2) is 7.40. The predicted octanol–water partition coefficient (Wildman–Crippen LogP) is 0.859. The van der Waals surface area contributed by atoms with Crippen LogP contribution < -0.4 is 4.90 Å². The number of aromatic amines is 1. The first-order chi connectivity index (χ1) is 13.2. The van der Waals surface area contributed by atoms with E-state index in [2.05, 4.69) is 20.2 Å². The molecular weight excluding hydrogens is 348 g/mol. The maximum Gasteiger partial charge on any atom is 0.359 e. The number of nitrogens with one attached hydrogen (secondary N) is 1. The van der Waals surface area contributed by atoms with Gasteiger partial charge in [-0.15, -0.1) is 0 Å². The van der Waals surface area contributed by atoms with E-state index in [-0.39, 0.29) is 18.2 Å². The van der Waals surface area contributed by atoms with E-state index in [1.54, 1.807) is 29.4 Å². The molecule has 27 heavy (non-hydrogen) atoms. The van der Waals surface area contributed by atoms with Crippen molar-refractivity contribution in [2.75, 3.05) is 37.7 Å². The SMILES string of the molecule is O=C(OCC(=O)N1CCN(c2ncccn2)CC1)c1n[nH]c2ccccc12. The van der Waals surface area contributed by atoms with Crippen LogP contribution in [0.1, 0.15) is 10.5 Å². The van der Waals surface area contributed by atoms with E-state index >= 15 is 0 Å². The van der Waals surface area contributed by atoms with E-state index in [1.165, 1.54) is 0 Å². The summed E-state index contributed by atoms with van der Waals surface area (Å²) in [7, 11) is 0. The maximum absolute atomic E-state index is 12.3. The molecule has 1 fully saturated rings. The summed E-state index contributed by atoms with van der Waals surface area (Å²) in [6, 6.07) is 9.03. The summed E-state index contributed by atoms with van der Waals surface area (Å²) in [5.74, 6) is -0.185. The first-order valence-corrected chi connectivity index (χ1v) is 8.62. The summed E-state index contributed by atoms with van der Waals surface area (Å²) in [4.78, 5) is 36.7. The predicted molar refractivity (Wildman–Crippen MR) is 97.2 cm³/mol. The summed E-state index contributed by atoms with van der Waals surface area (Å²) in [6.45, 7) is 2.02. The van der Waals surface area contributed by atoms with Gasteiger partial charge in [0.1, 0.15) is 0 Å². The quantitative estimate of drug-likeness (QED) is 0.683. The van der Waals surface area contributed by atoms with Crippen molar-refractivity contribution in [3.8, 4) is 0 Å². The summed E-state index contributed by atoms with van der Waals surface area (Å²) in [5.41, 5.74) is 0.930. The molecule has 0 spiro atoms. The number of H-pyrrole nitrogens is 1. The lowest BCUT2D eigenvalue weighted by Crippen LogP contribution is -2.50. The van der Waals surface area contributed by atoms with Gasteiger partial charge >= 0.3 is 5.97 Å². The minimum atomic E-state index is -0.614. The lowest BCUT2D eigenvalue weighted by molar-refractivity contribution is -0.134. The second-order valence-corrected chi connectivity index (χ2v) is 6.11. The van der Waals surface area contributed by atoms with Crippen LogP contribution in [0.3, 0.4) is 0 Å². The molecule has 9 nitrogen and oxygen atoms in total. The number of fused-ring (bicyclic) bond motifs is 1. The number of nitrogens with zero attached hydrogens (tertiary/aromatic N) is 5. The highest BCUT2D eigenvalue weighted by molar-refractivity contribution is 6.02. The Bertz CT molecular complexity index is 950. The number of hydrogen-bond donors (Lipinski definition) is 1. The molecule has 0 saturated carbocycles. The van der Waals surface area contributed by atoms with Crippen LogP contribution in [0.4, 0.5) is 5.95 Å². The smallest absolute Gasteiger partial charge is 0.359 e. The van der Waals surface area contributed by atoms with Crippen molar-refractivity contribution in [2.45, 2.75) is 0 Å².